The second kappa shape index (κ2) is 8.49. The van der Waals surface area contributed by atoms with Gasteiger partial charge >= 0.3 is 12.5 Å². The van der Waals surface area contributed by atoms with Crippen molar-refractivity contribution in [3.63, 3.8) is 0 Å². The van der Waals surface area contributed by atoms with Crippen LogP contribution in [-0.2, 0) is 23.7 Å². The van der Waals surface area contributed by atoms with Crippen molar-refractivity contribution in [2.45, 2.75) is 38.7 Å². The van der Waals surface area contributed by atoms with Gasteiger partial charge in [-0.1, -0.05) is 49.7 Å². The summed E-state index contributed by atoms with van der Waals surface area (Å²) in [7, 11) is 0. The first-order valence-electron chi connectivity index (χ1n) is 8.15. The molecule has 0 spiro atoms. The minimum absolute atomic E-state index is 0.135. The van der Waals surface area contributed by atoms with E-state index in [1.54, 1.807) is 12.1 Å². The molecule has 0 aliphatic heterocycles. The summed E-state index contributed by atoms with van der Waals surface area (Å²) in [6, 6.07) is 11.0. The fourth-order valence-electron chi connectivity index (χ4n) is 2.39. The molecule has 2 nitrogen and oxygen atoms in total. The largest absolute Gasteiger partial charge is 0.573 e. The summed E-state index contributed by atoms with van der Waals surface area (Å²) in [5.74, 6) is -0.361. The Bertz CT molecular complexity index is 679. The normalized spacial score (nSPS) is 12.2. The number of ether oxygens (including phenoxy) is 2. The number of benzene rings is 2. The molecular formula is C19H19F5O2. The van der Waals surface area contributed by atoms with Crippen LogP contribution >= 0.6 is 0 Å². The van der Waals surface area contributed by atoms with Gasteiger partial charge in [-0.05, 0) is 36.1 Å². The molecular weight excluding hydrogens is 355 g/mol. The lowest BCUT2D eigenvalue weighted by molar-refractivity contribution is -0.274. The maximum Gasteiger partial charge on any atom is 0.573 e. The average molecular weight is 374 g/mol. The summed E-state index contributed by atoms with van der Waals surface area (Å²) in [5.41, 5.74) is 1.31. The Morgan fingerprint density at radius 1 is 0.769 bits per heavy atom. The molecule has 0 N–H and O–H groups in total. The van der Waals surface area contributed by atoms with Crippen LogP contribution in [0.25, 0.3) is 0 Å². The number of aryl methyl sites for hydroxylation is 1. The van der Waals surface area contributed by atoms with Crippen LogP contribution in [0, 0.1) is 0 Å². The van der Waals surface area contributed by atoms with Crippen molar-refractivity contribution >= 4 is 0 Å². The lowest BCUT2D eigenvalue weighted by atomic mass is 10.1. The van der Waals surface area contributed by atoms with E-state index in [2.05, 4.69) is 9.47 Å². The van der Waals surface area contributed by atoms with Gasteiger partial charge < -0.3 is 9.47 Å². The molecule has 0 fully saturated rings. The Hall–Kier alpha value is -2.15. The predicted octanol–water partition coefficient (Wildman–Crippen LogP) is 5.85. The standard InChI is InChI=1S/C19H19F5O2/c1-2-3-14-4-8-16(9-5-14)18(20,21)25-13-12-15-6-10-17(11-7-15)26-19(22,23)24/h4-11H,2-3,12-13H2,1H3. The SMILES string of the molecule is CCCc1ccc(C(F)(F)OCCc2ccc(OC(F)(F)F)cc2)cc1. The van der Waals surface area contributed by atoms with E-state index in [1.165, 1.54) is 24.3 Å². The third kappa shape index (κ3) is 6.29. The first-order valence-corrected chi connectivity index (χ1v) is 8.15. The molecule has 0 unspecified atom stereocenters. The Labute approximate surface area is 148 Å². The van der Waals surface area contributed by atoms with Gasteiger partial charge in [0.2, 0.25) is 0 Å². The van der Waals surface area contributed by atoms with Gasteiger partial charge in [-0.15, -0.1) is 13.2 Å². The van der Waals surface area contributed by atoms with Gasteiger partial charge in [0.1, 0.15) is 5.75 Å². The van der Waals surface area contributed by atoms with Gasteiger partial charge in [-0.2, -0.15) is 8.78 Å². The van der Waals surface area contributed by atoms with Crippen molar-refractivity contribution < 1.29 is 31.4 Å². The van der Waals surface area contributed by atoms with Crippen LogP contribution in [0.3, 0.4) is 0 Å². The van der Waals surface area contributed by atoms with Crippen LogP contribution in [0.5, 0.6) is 5.75 Å². The molecule has 0 heterocycles. The van der Waals surface area contributed by atoms with Crippen molar-refractivity contribution in [2.75, 3.05) is 6.61 Å². The Balaban J connectivity index is 1.87. The van der Waals surface area contributed by atoms with Crippen molar-refractivity contribution in [1.82, 2.24) is 0 Å². The van der Waals surface area contributed by atoms with E-state index in [4.69, 9.17) is 0 Å². The number of halogens is 5. The molecule has 0 aromatic heterocycles. The first-order chi connectivity index (χ1) is 12.2. The predicted molar refractivity (Wildman–Crippen MR) is 87.1 cm³/mol. The zero-order valence-electron chi connectivity index (χ0n) is 14.2. The molecule has 7 heteroatoms. The molecule has 2 rings (SSSR count). The minimum atomic E-state index is -4.76. The highest BCUT2D eigenvalue weighted by Crippen LogP contribution is 2.30. The molecule has 0 amide bonds. The van der Waals surface area contributed by atoms with Gasteiger partial charge in [-0.25, -0.2) is 0 Å². The number of alkyl halides is 5. The topological polar surface area (TPSA) is 18.5 Å². The second-order valence-electron chi connectivity index (χ2n) is 5.75. The summed E-state index contributed by atoms with van der Waals surface area (Å²) in [6.45, 7) is 1.73. The zero-order chi connectivity index (χ0) is 19.2. The maximum atomic E-state index is 14.1. The molecule has 2 aromatic carbocycles. The highest BCUT2D eigenvalue weighted by molar-refractivity contribution is 5.28. The number of hydrogen-bond donors (Lipinski definition) is 0. The number of rotatable bonds is 8. The van der Waals surface area contributed by atoms with Gasteiger partial charge in [0.15, 0.2) is 0 Å². The summed E-state index contributed by atoms with van der Waals surface area (Å²) < 4.78 is 72.8. The smallest absolute Gasteiger partial charge is 0.406 e. The average Bonchev–Trinajstić information content (AvgIpc) is 2.56. The van der Waals surface area contributed by atoms with Gasteiger partial charge in [0, 0.05) is 0 Å². The lowest BCUT2D eigenvalue weighted by Gasteiger charge is -2.17. The second-order valence-corrected chi connectivity index (χ2v) is 5.75. The van der Waals surface area contributed by atoms with Crippen LogP contribution in [0.2, 0.25) is 0 Å². The fraction of sp³-hybridized carbons (Fsp3) is 0.368. The molecule has 0 aliphatic rings. The molecule has 0 radical (unpaired) electrons. The van der Waals surface area contributed by atoms with E-state index in [-0.39, 0.29) is 24.3 Å². The van der Waals surface area contributed by atoms with E-state index in [1.807, 2.05) is 6.92 Å². The summed E-state index contributed by atoms with van der Waals surface area (Å²) in [5, 5.41) is 0. The van der Waals surface area contributed by atoms with E-state index in [9.17, 15) is 22.0 Å². The molecule has 0 saturated heterocycles. The van der Waals surface area contributed by atoms with Crippen LogP contribution in [0.15, 0.2) is 48.5 Å². The highest BCUT2D eigenvalue weighted by atomic mass is 19.4. The molecule has 0 saturated carbocycles. The molecule has 26 heavy (non-hydrogen) atoms. The maximum absolute atomic E-state index is 14.1. The summed E-state index contributed by atoms with van der Waals surface area (Å²) in [6.07, 6.45) is -6.31. The lowest BCUT2D eigenvalue weighted by Crippen LogP contribution is -2.20. The first kappa shape index (κ1) is 20.2. The summed E-state index contributed by atoms with van der Waals surface area (Å²) >= 11 is 0. The Morgan fingerprint density at radius 3 is 1.85 bits per heavy atom. The third-order valence-electron chi connectivity index (χ3n) is 3.66. The van der Waals surface area contributed by atoms with Crippen molar-refractivity contribution in [3.05, 3.63) is 65.2 Å². The van der Waals surface area contributed by atoms with Gasteiger partial charge in [0.05, 0.1) is 12.2 Å². The molecule has 0 aliphatic carbocycles. The van der Waals surface area contributed by atoms with Crippen LogP contribution in [0.4, 0.5) is 22.0 Å². The van der Waals surface area contributed by atoms with Crippen LogP contribution < -0.4 is 4.74 Å². The minimum Gasteiger partial charge on any atom is -0.406 e. The Kier molecular flexibility index (Phi) is 6.58. The molecule has 2 aromatic rings. The van der Waals surface area contributed by atoms with Crippen LogP contribution in [-0.4, -0.2) is 13.0 Å². The zero-order valence-corrected chi connectivity index (χ0v) is 14.2. The molecule has 0 bridgehead atoms. The quantitative estimate of drug-likeness (QED) is 0.540. The molecule has 142 valence electrons. The molecule has 0 atom stereocenters. The van der Waals surface area contributed by atoms with Crippen molar-refractivity contribution in [2.24, 2.45) is 0 Å². The number of hydrogen-bond acceptors (Lipinski definition) is 2. The van der Waals surface area contributed by atoms with E-state index >= 15 is 0 Å². The van der Waals surface area contributed by atoms with Gasteiger partial charge in [0.25, 0.3) is 0 Å². The monoisotopic (exact) mass is 374 g/mol. The van der Waals surface area contributed by atoms with E-state index in [0.717, 1.165) is 30.5 Å². The van der Waals surface area contributed by atoms with E-state index in [0.29, 0.717) is 5.56 Å². The third-order valence-corrected chi connectivity index (χ3v) is 3.66. The fourth-order valence-corrected chi connectivity index (χ4v) is 2.39. The van der Waals surface area contributed by atoms with Gasteiger partial charge in [-0.3, -0.25) is 0 Å². The Morgan fingerprint density at radius 2 is 1.31 bits per heavy atom. The highest BCUT2D eigenvalue weighted by Gasteiger charge is 2.33. The van der Waals surface area contributed by atoms with Crippen LogP contribution in [0.1, 0.15) is 30.0 Å². The van der Waals surface area contributed by atoms with Crippen molar-refractivity contribution in [1.29, 1.82) is 0 Å². The summed E-state index contributed by atoms with van der Waals surface area (Å²) in [4.78, 5) is 0. The van der Waals surface area contributed by atoms with Crippen molar-refractivity contribution in [3.8, 4) is 5.75 Å². The van der Waals surface area contributed by atoms with E-state index < -0.39 is 12.5 Å².